The Labute approximate surface area is 302 Å². The third kappa shape index (κ3) is 4.99. The molecule has 246 valence electrons. The number of hydrogen-bond donors (Lipinski definition) is 1. The van der Waals surface area contributed by atoms with E-state index in [9.17, 15) is 10.5 Å². The lowest BCUT2D eigenvalue weighted by atomic mass is 9.82. The number of para-hydroxylation sites is 1. The fourth-order valence-corrected chi connectivity index (χ4v) is 7.84. The van der Waals surface area contributed by atoms with Crippen LogP contribution >= 0.6 is 0 Å². The molecule has 0 atom stereocenters. The van der Waals surface area contributed by atoms with Gasteiger partial charge in [-0.3, -0.25) is 0 Å². The quantitative estimate of drug-likeness (QED) is 0.192. The van der Waals surface area contributed by atoms with Crippen LogP contribution in [0.15, 0.2) is 158 Å². The van der Waals surface area contributed by atoms with E-state index < -0.39 is 0 Å². The number of benzene rings is 7. The van der Waals surface area contributed by atoms with Crippen LogP contribution in [0.4, 0.5) is 28.4 Å². The maximum Gasteiger partial charge on any atom is 0.0991 e. The molecular formula is C47H33N5. The van der Waals surface area contributed by atoms with Gasteiger partial charge < -0.3 is 14.8 Å². The molecule has 0 fully saturated rings. The number of nitrogens with zero attached hydrogens (tertiary/aromatic N) is 4. The highest BCUT2D eigenvalue weighted by Crippen LogP contribution is 2.51. The first-order valence-corrected chi connectivity index (χ1v) is 17.4. The highest BCUT2D eigenvalue weighted by molar-refractivity contribution is 6.11. The summed E-state index contributed by atoms with van der Waals surface area (Å²) < 4.78 is 2.32. The molecule has 0 unspecified atom stereocenters. The Bertz CT molecular complexity index is 2740. The van der Waals surface area contributed by atoms with Crippen molar-refractivity contribution in [1.82, 2.24) is 4.57 Å². The van der Waals surface area contributed by atoms with E-state index in [-0.39, 0.29) is 5.41 Å². The van der Waals surface area contributed by atoms with Gasteiger partial charge >= 0.3 is 0 Å². The number of nitrogens with one attached hydrogen (secondary N) is 1. The van der Waals surface area contributed by atoms with Crippen LogP contribution in [-0.2, 0) is 5.41 Å². The summed E-state index contributed by atoms with van der Waals surface area (Å²) in [5, 5.41) is 24.7. The summed E-state index contributed by atoms with van der Waals surface area (Å²) in [5.41, 5.74) is 14.5. The number of anilines is 5. The fourth-order valence-electron chi connectivity index (χ4n) is 7.84. The van der Waals surface area contributed by atoms with Gasteiger partial charge in [0.2, 0.25) is 0 Å². The van der Waals surface area contributed by atoms with Crippen molar-refractivity contribution >= 4 is 50.2 Å². The minimum absolute atomic E-state index is 0.149. The minimum atomic E-state index is -0.149. The molecule has 7 aromatic carbocycles. The van der Waals surface area contributed by atoms with Crippen molar-refractivity contribution in [3.8, 4) is 29.0 Å². The summed E-state index contributed by atoms with van der Waals surface area (Å²) in [4.78, 5) is 2.30. The first-order valence-electron chi connectivity index (χ1n) is 17.4. The van der Waals surface area contributed by atoms with E-state index in [0.29, 0.717) is 11.1 Å². The number of nitriles is 2. The van der Waals surface area contributed by atoms with Gasteiger partial charge in [-0.15, -0.1) is 0 Å². The lowest BCUT2D eigenvalue weighted by molar-refractivity contribution is 0.660. The second-order valence-corrected chi connectivity index (χ2v) is 13.8. The monoisotopic (exact) mass is 667 g/mol. The minimum Gasteiger partial charge on any atom is -0.356 e. The summed E-state index contributed by atoms with van der Waals surface area (Å²) in [7, 11) is 0. The summed E-state index contributed by atoms with van der Waals surface area (Å²) in [6.45, 7) is 4.61. The third-order valence-corrected chi connectivity index (χ3v) is 10.4. The summed E-state index contributed by atoms with van der Waals surface area (Å²) in [6, 6.07) is 59.0. The molecule has 0 amide bonds. The van der Waals surface area contributed by atoms with Gasteiger partial charge in [0, 0.05) is 50.3 Å². The average molecular weight is 668 g/mol. The Hall–Kier alpha value is -7.08. The molecule has 0 aliphatic heterocycles. The molecule has 1 aliphatic carbocycles. The predicted octanol–water partition coefficient (Wildman–Crippen LogP) is 12.0. The molecule has 5 nitrogen and oxygen atoms in total. The van der Waals surface area contributed by atoms with Crippen LogP contribution in [-0.4, -0.2) is 4.57 Å². The van der Waals surface area contributed by atoms with Gasteiger partial charge in [0.1, 0.15) is 0 Å². The van der Waals surface area contributed by atoms with Crippen LogP contribution in [0.25, 0.3) is 38.6 Å². The number of hydrogen-bond acceptors (Lipinski definition) is 4. The molecule has 9 rings (SSSR count). The fraction of sp³-hybridized carbons (Fsp3) is 0.0638. The van der Waals surface area contributed by atoms with Gasteiger partial charge in [-0.05, 0) is 131 Å². The highest BCUT2D eigenvalue weighted by atomic mass is 15.1. The zero-order valence-corrected chi connectivity index (χ0v) is 28.8. The van der Waals surface area contributed by atoms with E-state index in [1.165, 1.54) is 22.3 Å². The zero-order chi connectivity index (χ0) is 35.4. The number of fused-ring (bicyclic) bond motifs is 6. The van der Waals surface area contributed by atoms with Crippen molar-refractivity contribution in [1.29, 1.82) is 10.5 Å². The molecule has 1 heterocycles. The average Bonchev–Trinajstić information content (AvgIpc) is 3.63. The van der Waals surface area contributed by atoms with Gasteiger partial charge in [-0.2, -0.15) is 10.5 Å². The van der Waals surface area contributed by atoms with E-state index in [0.717, 1.165) is 55.9 Å². The van der Waals surface area contributed by atoms with E-state index in [1.807, 2.05) is 54.6 Å². The number of aromatic nitrogens is 1. The van der Waals surface area contributed by atoms with E-state index in [4.69, 9.17) is 0 Å². The van der Waals surface area contributed by atoms with Crippen molar-refractivity contribution in [2.45, 2.75) is 19.3 Å². The summed E-state index contributed by atoms with van der Waals surface area (Å²) >= 11 is 0. The van der Waals surface area contributed by atoms with Gasteiger partial charge in [-0.25, -0.2) is 0 Å². The van der Waals surface area contributed by atoms with Crippen LogP contribution in [0.1, 0.15) is 36.1 Å². The molecule has 8 aromatic rings. The Morgan fingerprint density at radius 3 is 1.81 bits per heavy atom. The topological polar surface area (TPSA) is 67.8 Å². The van der Waals surface area contributed by atoms with Gasteiger partial charge in [0.05, 0.1) is 34.3 Å². The molecule has 1 aromatic heterocycles. The van der Waals surface area contributed by atoms with Crippen molar-refractivity contribution in [3.05, 3.63) is 180 Å². The predicted molar refractivity (Wildman–Crippen MR) is 212 cm³/mol. The Morgan fingerprint density at radius 2 is 1.08 bits per heavy atom. The largest absolute Gasteiger partial charge is 0.356 e. The molecule has 1 N–H and O–H groups in total. The van der Waals surface area contributed by atoms with Crippen LogP contribution in [0.2, 0.25) is 0 Å². The first-order chi connectivity index (χ1) is 25.4. The van der Waals surface area contributed by atoms with Crippen LogP contribution in [0.3, 0.4) is 0 Å². The smallest absolute Gasteiger partial charge is 0.0991 e. The van der Waals surface area contributed by atoms with Gasteiger partial charge in [0.15, 0.2) is 0 Å². The molecule has 0 bridgehead atoms. The normalized spacial score (nSPS) is 12.5. The van der Waals surface area contributed by atoms with Crippen LogP contribution in [0, 0.1) is 22.7 Å². The lowest BCUT2D eigenvalue weighted by Crippen LogP contribution is -2.16. The first kappa shape index (κ1) is 30.9. The van der Waals surface area contributed by atoms with E-state index in [2.05, 4.69) is 144 Å². The molecule has 0 spiro atoms. The molecular weight excluding hydrogens is 635 g/mol. The Kier molecular flexibility index (Phi) is 7.17. The van der Waals surface area contributed by atoms with Crippen LogP contribution in [0.5, 0.6) is 0 Å². The van der Waals surface area contributed by atoms with Gasteiger partial charge in [0.25, 0.3) is 0 Å². The summed E-state index contributed by atoms with van der Waals surface area (Å²) in [6.07, 6.45) is 0. The maximum absolute atomic E-state index is 9.62. The SMILES string of the molecule is CC1(C)c2ccccc2-c2ccc(N(c3ccc(C#N)cc3)c3ccc4c(c3)c3cc(Nc5ccc(C#N)cc5)ccc3n4-c3ccccc3)cc21. The maximum atomic E-state index is 9.62. The van der Waals surface area contributed by atoms with Crippen molar-refractivity contribution < 1.29 is 0 Å². The molecule has 1 aliphatic rings. The van der Waals surface area contributed by atoms with Crippen LogP contribution < -0.4 is 10.2 Å². The zero-order valence-electron chi connectivity index (χ0n) is 28.8. The van der Waals surface area contributed by atoms with E-state index >= 15 is 0 Å². The van der Waals surface area contributed by atoms with E-state index in [1.54, 1.807) is 0 Å². The third-order valence-electron chi connectivity index (χ3n) is 10.4. The van der Waals surface area contributed by atoms with Crippen molar-refractivity contribution in [2.75, 3.05) is 10.2 Å². The van der Waals surface area contributed by atoms with Gasteiger partial charge in [-0.1, -0.05) is 62.4 Å². The second-order valence-electron chi connectivity index (χ2n) is 13.8. The van der Waals surface area contributed by atoms with Crippen molar-refractivity contribution in [2.24, 2.45) is 0 Å². The Morgan fingerprint density at radius 1 is 0.519 bits per heavy atom. The summed E-state index contributed by atoms with van der Waals surface area (Å²) in [5.74, 6) is 0. The standard InChI is InChI=1S/C47H33N5/c1-47(2)43-11-7-6-10-39(43)40-23-21-38(28-44(40)47)51(36-19-14-32(30-49)15-20-36)37-22-25-46-42(27-37)41-26-34(50-33-16-12-31(29-48)13-17-33)18-24-45(41)52(46)35-8-4-3-5-9-35/h3-28,50H,1-2H3. The number of rotatable bonds is 6. The molecule has 52 heavy (non-hydrogen) atoms. The highest BCUT2D eigenvalue weighted by Gasteiger charge is 2.35. The van der Waals surface area contributed by atoms with Crippen molar-refractivity contribution in [3.63, 3.8) is 0 Å². The molecule has 5 heteroatoms. The molecule has 0 saturated heterocycles. The second kappa shape index (κ2) is 12.1. The lowest BCUT2D eigenvalue weighted by Gasteiger charge is -2.28. The Balaban J connectivity index is 1.24. The molecule has 0 saturated carbocycles. The molecule has 0 radical (unpaired) electrons.